The summed E-state index contributed by atoms with van der Waals surface area (Å²) >= 11 is 0. The van der Waals surface area contributed by atoms with Crippen LogP contribution in [0.15, 0.2) is 18.2 Å². The molecule has 0 aliphatic carbocycles. The van der Waals surface area contributed by atoms with Crippen LogP contribution in [0.5, 0.6) is 0 Å². The van der Waals surface area contributed by atoms with Gasteiger partial charge in [0.15, 0.2) is 0 Å². The van der Waals surface area contributed by atoms with Crippen LogP contribution in [0.25, 0.3) is 0 Å². The lowest BCUT2D eigenvalue weighted by molar-refractivity contribution is -0.122. The van der Waals surface area contributed by atoms with E-state index >= 15 is 0 Å². The van der Waals surface area contributed by atoms with Gasteiger partial charge in [0.2, 0.25) is 5.91 Å². The summed E-state index contributed by atoms with van der Waals surface area (Å²) in [6.45, 7) is 3.11. The maximum atomic E-state index is 13.1. The minimum atomic E-state index is -0.189. The number of benzene rings is 1. The molecule has 0 radical (unpaired) electrons. The molecule has 1 aromatic rings. The van der Waals surface area contributed by atoms with Crippen LogP contribution in [0, 0.1) is 12.7 Å². The molecule has 1 aromatic carbocycles. The highest BCUT2D eigenvalue weighted by Crippen LogP contribution is 2.10. The van der Waals surface area contributed by atoms with Gasteiger partial charge in [-0.15, -0.1) is 0 Å². The van der Waals surface area contributed by atoms with Crippen molar-refractivity contribution in [1.82, 2.24) is 10.6 Å². The van der Waals surface area contributed by atoms with Crippen LogP contribution in [0.2, 0.25) is 0 Å². The Hall–Kier alpha value is -1.42. The van der Waals surface area contributed by atoms with E-state index in [1.807, 2.05) is 6.07 Å². The lowest BCUT2D eigenvalue weighted by Gasteiger charge is -2.15. The zero-order valence-corrected chi connectivity index (χ0v) is 10.6. The monoisotopic (exact) mass is 250 g/mol. The Kier molecular flexibility index (Phi) is 4.31. The number of amides is 1. The fourth-order valence-electron chi connectivity index (χ4n) is 2.19. The van der Waals surface area contributed by atoms with E-state index < -0.39 is 0 Å². The van der Waals surface area contributed by atoms with E-state index in [1.54, 1.807) is 13.0 Å². The minimum Gasteiger partial charge on any atom is -0.355 e. The van der Waals surface area contributed by atoms with Gasteiger partial charge in [0, 0.05) is 13.1 Å². The second-order valence-electron chi connectivity index (χ2n) is 4.80. The second kappa shape index (κ2) is 5.96. The molecule has 1 fully saturated rings. The number of rotatable bonds is 3. The normalized spacial score (nSPS) is 20.3. The molecule has 1 atom stereocenters. The van der Waals surface area contributed by atoms with E-state index in [9.17, 15) is 9.18 Å². The average molecular weight is 250 g/mol. The number of halogens is 1. The SMILES string of the molecule is Cc1cc(CNC2CCCCNC2=O)ccc1F. The summed E-state index contributed by atoms with van der Waals surface area (Å²) in [5, 5.41) is 6.13. The van der Waals surface area contributed by atoms with E-state index in [2.05, 4.69) is 10.6 Å². The van der Waals surface area contributed by atoms with Crippen molar-refractivity contribution in [3.63, 3.8) is 0 Å². The molecule has 1 aliphatic rings. The molecule has 1 saturated heterocycles. The molecule has 1 unspecified atom stereocenters. The van der Waals surface area contributed by atoms with Crippen LogP contribution in [-0.4, -0.2) is 18.5 Å². The van der Waals surface area contributed by atoms with Gasteiger partial charge in [0.1, 0.15) is 5.82 Å². The smallest absolute Gasteiger partial charge is 0.237 e. The highest BCUT2D eigenvalue weighted by atomic mass is 19.1. The van der Waals surface area contributed by atoms with Gasteiger partial charge in [-0.3, -0.25) is 4.79 Å². The third-order valence-corrected chi connectivity index (χ3v) is 3.31. The van der Waals surface area contributed by atoms with Gasteiger partial charge in [-0.25, -0.2) is 4.39 Å². The average Bonchev–Trinajstić information content (AvgIpc) is 2.56. The van der Waals surface area contributed by atoms with Crippen LogP contribution in [-0.2, 0) is 11.3 Å². The molecule has 1 aliphatic heterocycles. The van der Waals surface area contributed by atoms with Crippen molar-refractivity contribution in [2.24, 2.45) is 0 Å². The van der Waals surface area contributed by atoms with Crippen molar-refractivity contribution in [1.29, 1.82) is 0 Å². The van der Waals surface area contributed by atoms with Crippen LogP contribution >= 0.6 is 0 Å². The Balaban J connectivity index is 1.93. The highest BCUT2D eigenvalue weighted by molar-refractivity contribution is 5.81. The highest BCUT2D eigenvalue weighted by Gasteiger charge is 2.19. The molecule has 2 N–H and O–H groups in total. The van der Waals surface area contributed by atoms with Gasteiger partial charge in [-0.1, -0.05) is 12.1 Å². The fraction of sp³-hybridized carbons (Fsp3) is 0.500. The molecule has 0 spiro atoms. The first-order chi connectivity index (χ1) is 8.66. The zero-order chi connectivity index (χ0) is 13.0. The molecule has 18 heavy (non-hydrogen) atoms. The Morgan fingerprint density at radius 3 is 3.06 bits per heavy atom. The van der Waals surface area contributed by atoms with Crippen molar-refractivity contribution >= 4 is 5.91 Å². The summed E-state index contributed by atoms with van der Waals surface area (Å²) in [5.74, 6) is -0.114. The Morgan fingerprint density at radius 2 is 2.28 bits per heavy atom. The van der Waals surface area contributed by atoms with Crippen LogP contribution in [0.3, 0.4) is 0 Å². The number of nitrogens with one attached hydrogen (secondary N) is 2. The fourth-order valence-corrected chi connectivity index (χ4v) is 2.19. The predicted octanol–water partition coefficient (Wildman–Crippen LogP) is 1.89. The maximum absolute atomic E-state index is 13.1. The van der Waals surface area contributed by atoms with Gasteiger partial charge in [0.25, 0.3) is 0 Å². The standard InChI is InChI=1S/C14H19FN2O/c1-10-8-11(5-6-12(10)15)9-17-13-4-2-3-7-16-14(13)18/h5-6,8,13,17H,2-4,7,9H2,1H3,(H,16,18). The van der Waals surface area contributed by atoms with Crippen LogP contribution < -0.4 is 10.6 Å². The number of hydrogen-bond donors (Lipinski definition) is 2. The van der Waals surface area contributed by atoms with Crippen molar-refractivity contribution in [3.05, 3.63) is 35.1 Å². The zero-order valence-electron chi connectivity index (χ0n) is 10.6. The van der Waals surface area contributed by atoms with E-state index in [-0.39, 0.29) is 17.8 Å². The van der Waals surface area contributed by atoms with Crippen molar-refractivity contribution in [2.75, 3.05) is 6.54 Å². The van der Waals surface area contributed by atoms with E-state index in [4.69, 9.17) is 0 Å². The summed E-state index contributed by atoms with van der Waals surface area (Å²) in [7, 11) is 0. The van der Waals surface area contributed by atoms with E-state index in [0.29, 0.717) is 12.1 Å². The molecule has 0 aromatic heterocycles. The summed E-state index contributed by atoms with van der Waals surface area (Å²) < 4.78 is 13.1. The van der Waals surface area contributed by atoms with Crippen LogP contribution in [0.1, 0.15) is 30.4 Å². The molecule has 3 nitrogen and oxygen atoms in total. The molecule has 4 heteroatoms. The number of hydrogen-bond acceptors (Lipinski definition) is 2. The van der Waals surface area contributed by atoms with Crippen molar-refractivity contribution in [3.8, 4) is 0 Å². The first kappa shape index (κ1) is 13.0. The lowest BCUT2D eigenvalue weighted by Crippen LogP contribution is -2.42. The molecule has 1 amide bonds. The summed E-state index contributed by atoms with van der Waals surface area (Å²) in [6.07, 6.45) is 2.96. The molecule has 0 saturated carbocycles. The summed E-state index contributed by atoms with van der Waals surface area (Å²) in [5.41, 5.74) is 1.64. The lowest BCUT2D eigenvalue weighted by atomic mass is 10.1. The largest absolute Gasteiger partial charge is 0.355 e. The third kappa shape index (κ3) is 3.29. The maximum Gasteiger partial charge on any atom is 0.237 e. The Labute approximate surface area is 107 Å². The summed E-state index contributed by atoms with van der Waals surface area (Å²) in [6, 6.07) is 4.92. The quantitative estimate of drug-likeness (QED) is 0.860. The van der Waals surface area contributed by atoms with Gasteiger partial charge in [0.05, 0.1) is 6.04 Å². The topological polar surface area (TPSA) is 41.1 Å². The molecule has 2 rings (SSSR count). The number of carbonyl (C=O) groups is 1. The molecular formula is C14H19FN2O. The van der Waals surface area contributed by atoms with Gasteiger partial charge in [-0.05, 0) is 43.4 Å². The van der Waals surface area contributed by atoms with E-state index in [1.165, 1.54) is 6.07 Å². The van der Waals surface area contributed by atoms with Crippen LogP contribution in [0.4, 0.5) is 4.39 Å². The third-order valence-electron chi connectivity index (χ3n) is 3.31. The number of carbonyl (C=O) groups excluding carboxylic acids is 1. The molecule has 98 valence electrons. The second-order valence-corrected chi connectivity index (χ2v) is 4.80. The molecular weight excluding hydrogens is 231 g/mol. The van der Waals surface area contributed by atoms with E-state index in [0.717, 1.165) is 31.4 Å². The summed E-state index contributed by atoms with van der Waals surface area (Å²) in [4.78, 5) is 11.7. The Bertz CT molecular complexity index is 434. The number of aryl methyl sites for hydroxylation is 1. The van der Waals surface area contributed by atoms with Gasteiger partial charge in [-0.2, -0.15) is 0 Å². The molecule has 0 bridgehead atoms. The van der Waals surface area contributed by atoms with Crippen molar-refractivity contribution in [2.45, 2.75) is 38.8 Å². The van der Waals surface area contributed by atoms with Crippen molar-refractivity contribution < 1.29 is 9.18 Å². The Morgan fingerprint density at radius 1 is 1.44 bits per heavy atom. The molecule has 1 heterocycles. The minimum absolute atomic E-state index is 0.0753. The first-order valence-corrected chi connectivity index (χ1v) is 6.43. The van der Waals surface area contributed by atoms with Gasteiger partial charge < -0.3 is 10.6 Å². The van der Waals surface area contributed by atoms with Gasteiger partial charge >= 0.3 is 0 Å². The first-order valence-electron chi connectivity index (χ1n) is 6.43. The predicted molar refractivity (Wildman–Crippen MR) is 68.6 cm³/mol.